The van der Waals surface area contributed by atoms with E-state index in [0.717, 1.165) is 35.6 Å². The summed E-state index contributed by atoms with van der Waals surface area (Å²) in [6, 6.07) is 21.9. The highest BCUT2D eigenvalue weighted by atomic mass is 14.8. The highest BCUT2D eigenvalue weighted by Gasteiger charge is 2.31. The van der Waals surface area contributed by atoms with Gasteiger partial charge >= 0.3 is 0 Å². The number of hydrogen-bond acceptors (Lipinski definition) is 3. The number of benzene rings is 1. The predicted molar refractivity (Wildman–Crippen MR) is 161 cm³/mol. The van der Waals surface area contributed by atoms with Crippen LogP contribution in [0.15, 0.2) is 73.1 Å². The van der Waals surface area contributed by atoms with Crippen LogP contribution in [0.4, 0.5) is 0 Å². The molecule has 0 spiro atoms. The number of pyridine rings is 3. The molecular weight excluding hydrogens is 462 g/mol. The Morgan fingerprint density at radius 1 is 0.526 bits per heavy atom. The summed E-state index contributed by atoms with van der Waals surface area (Å²) < 4.78 is 0. The van der Waals surface area contributed by atoms with Gasteiger partial charge in [0.1, 0.15) is 0 Å². The molecule has 3 nitrogen and oxygen atoms in total. The SMILES string of the molecule is Cc1ccc(-c2cc(C(C)(C)C)nc(C(C)(C)CCC(C)(C)c3cc(-c4ccncc4)cc(C)n3)c2)cc1. The summed E-state index contributed by atoms with van der Waals surface area (Å²) in [6.45, 7) is 20.3. The summed E-state index contributed by atoms with van der Waals surface area (Å²) >= 11 is 0. The maximum atomic E-state index is 5.24. The summed E-state index contributed by atoms with van der Waals surface area (Å²) in [5, 5.41) is 0. The van der Waals surface area contributed by atoms with Gasteiger partial charge in [0.2, 0.25) is 0 Å². The fourth-order valence-corrected chi connectivity index (χ4v) is 4.78. The number of aromatic nitrogens is 3. The van der Waals surface area contributed by atoms with E-state index in [0.29, 0.717) is 0 Å². The summed E-state index contributed by atoms with van der Waals surface area (Å²) in [7, 11) is 0. The van der Waals surface area contributed by atoms with E-state index >= 15 is 0 Å². The van der Waals surface area contributed by atoms with Crippen LogP contribution >= 0.6 is 0 Å². The molecule has 0 fully saturated rings. The van der Waals surface area contributed by atoms with Gasteiger partial charge in [-0.15, -0.1) is 0 Å². The minimum atomic E-state index is -0.0876. The largest absolute Gasteiger partial charge is 0.265 e. The van der Waals surface area contributed by atoms with Crippen LogP contribution in [0.25, 0.3) is 22.3 Å². The van der Waals surface area contributed by atoms with Crippen molar-refractivity contribution in [1.29, 1.82) is 0 Å². The lowest BCUT2D eigenvalue weighted by Crippen LogP contribution is -2.27. The van der Waals surface area contributed by atoms with Gasteiger partial charge in [0, 0.05) is 51.4 Å². The van der Waals surface area contributed by atoms with E-state index in [-0.39, 0.29) is 16.2 Å². The van der Waals surface area contributed by atoms with Gasteiger partial charge in [0.15, 0.2) is 0 Å². The monoisotopic (exact) mass is 505 g/mol. The van der Waals surface area contributed by atoms with E-state index in [1.54, 1.807) is 0 Å². The maximum Gasteiger partial charge on any atom is 0.0469 e. The second-order valence-corrected chi connectivity index (χ2v) is 13.1. The zero-order chi connectivity index (χ0) is 27.7. The van der Waals surface area contributed by atoms with Gasteiger partial charge in [-0.1, -0.05) is 78.3 Å². The van der Waals surface area contributed by atoms with Crippen LogP contribution in [0.5, 0.6) is 0 Å². The minimum absolute atomic E-state index is 0.0281. The van der Waals surface area contributed by atoms with E-state index in [1.165, 1.54) is 27.8 Å². The quantitative estimate of drug-likeness (QED) is 0.251. The van der Waals surface area contributed by atoms with Crippen molar-refractivity contribution in [2.75, 3.05) is 0 Å². The Hall–Kier alpha value is -3.33. The molecule has 4 aromatic rings. The molecule has 0 bridgehead atoms. The molecule has 38 heavy (non-hydrogen) atoms. The Balaban J connectivity index is 1.64. The van der Waals surface area contributed by atoms with Crippen LogP contribution in [0.1, 0.15) is 89.6 Å². The molecule has 0 atom stereocenters. The highest BCUT2D eigenvalue weighted by molar-refractivity contribution is 5.65. The van der Waals surface area contributed by atoms with Crippen LogP contribution < -0.4 is 0 Å². The second kappa shape index (κ2) is 10.4. The lowest BCUT2D eigenvalue weighted by atomic mass is 9.74. The highest BCUT2D eigenvalue weighted by Crippen LogP contribution is 2.38. The predicted octanol–water partition coefficient (Wildman–Crippen LogP) is 9.16. The first kappa shape index (κ1) is 27.7. The van der Waals surface area contributed by atoms with Crippen molar-refractivity contribution in [2.45, 2.75) is 91.4 Å². The van der Waals surface area contributed by atoms with Crippen molar-refractivity contribution in [3.63, 3.8) is 0 Å². The minimum Gasteiger partial charge on any atom is -0.265 e. The van der Waals surface area contributed by atoms with Crippen molar-refractivity contribution in [1.82, 2.24) is 15.0 Å². The van der Waals surface area contributed by atoms with E-state index in [9.17, 15) is 0 Å². The average molecular weight is 506 g/mol. The van der Waals surface area contributed by atoms with Crippen LogP contribution in [0.3, 0.4) is 0 Å². The molecule has 0 aliphatic heterocycles. The van der Waals surface area contributed by atoms with E-state index in [1.807, 2.05) is 12.4 Å². The van der Waals surface area contributed by atoms with Gasteiger partial charge < -0.3 is 0 Å². The first-order chi connectivity index (χ1) is 17.7. The van der Waals surface area contributed by atoms with Crippen LogP contribution in [-0.2, 0) is 16.2 Å². The zero-order valence-electron chi connectivity index (χ0n) is 24.7. The van der Waals surface area contributed by atoms with Crippen molar-refractivity contribution in [3.8, 4) is 22.3 Å². The normalized spacial score (nSPS) is 12.6. The molecule has 0 saturated heterocycles. The molecule has 0 N–H and O–H groups in total. The lowest BCUT2D eigenvalue weighted by molar-refractivity contribution is 0.362. The van der Waals surface area contributed by atoms with Crippen LogP contribution in [0, 0.1) is 13.8 Å². The lowest BCUT2D eigenvalue weighted by Gasteiger charge is -2.32. The molecule has 0 saturated carbocycles. The Bertz CT molecular complexity index is 1390. The Morgan fingerprint density at radius 3 is 1.55 bits per heavy atom. The summed E-state index contributed by atoms with van der Waals surface area (Å²) in [5.41, 5.74) is 10.4. The first-order valence-electron chi connectivity index (χ1n) is 13.7. The summed E-state index contributed by atoms with van der Waals surface area (Å²) in [4.78, 5) is 14.4. The number of aryl methyl sites for hydroxylation is 2. The molecule has 4 rings (SSSR count). The Labute approximate surface area is 229 Å². The van der Waals surface area contributed by atoms with E-state index in [2.05, 4.69) is 128 Å². The number of nitrogens with zero attached hydrogens (tertiary/aromatic N) is 3. The number of rotatable bonds is 7. The maximum absolute atomic E-state index is 5.24. The molecule has 0 radical (unpaired) electrons. The van der Waals surface area contributed by atoms with Crippen molar-refractivity contribution < 1.29 is 0 Å². The van der Waals surface area contributed by atoms with Gasteiger partial charge in [0.25, 0.3) is 0 Å². The van der Waals surface area contributed by atoms with Gasteiger partial charge in [-0.05, 0) is 85.3 Å². The van der Waals surface area contributed by atoms with Gasteiger partial charge in [-0.2, -0.15) is 0 Å². The third kappa shape index (κ3) is 6.38. The van der Waals surface area contributed by atoms with Gasteiger partial charge in [0.05, 0.1) is 0 Å². The van der Waals surface area contributed by atoms with Gasteiger partial charge in [-0.25, -0.2) is 0 Å². The van der Waals surface area contributed by atoms with Crippen LogP contribution in [0.2, 0.25) is 0 Å². The van der Waals surface area contributed by atoms with Gasteiger partial charge in [-0.3, -0.25) is 15.0 Å². The first-order valence-corrected chi connectivity index (χ1v) is 13.7. The zero-order valence-corrected chi connectivity index (χ0v) is 24.7. The molecule has 0 amide bonds. The van der Waals surface area contributed by atoms with Crippen LogP contribution in [-0.4, -0.2) is 15.0 Å². The Morgan fingerprint density at radius 2 is 1.00 bits per heavy atom. The molecule has 0 aliphatic carbocycles. The molecule has 3 heteroatoms. The third-order valence-corrected chi connectivity index (χ3v) is 7.71. The third-order valence-electron chi connectivity index (χ3n) is 7.71. The smallest absolute Gasteiger partial charge is 0.0469 e. The summed E-state index contributed by atoms with van der Waals surface area (Å²) in [6.07, 6.45) is 5.71. The van der Waals surface area contributed by atoms with E-state index < -0.39 is 0 Å². The second-order valence-electron chi connectivity index (χ2n) is 13.1. The van der Waals surface area contributed by atoms with Crippen molar-refractivity contribution >= 4 is 0 Å². The standard InChI is InChI=1S/C35H43N3/c1-24-10-12-26(13-11-24)29-21-30(33(3,4)5)38-32(23-29)35(8,9)17-16-34(6,7)31-22-28(20-25(2)37-31)27-14-18-36-19-15-27/h10-15,18-23H,16-17H2,1-9H3. The topological polar surface area (TPSA) is 38.7 Å². The summed E-state index contributed by atoms with van der Waals surface area (Å²) in [5.74, 6) is 0. The molecule has 3 heterocycles. The molecule has 0 unspecified atom stereocenters. The molecule has 0 aliphatic rings. The number of hydrogen-bond donors (Lipinski definition) is 0. The van der Waals surface area contributed by atoms with E-state index in [4.69, 9.17) is 9.97 Å². The fraction of sp³-hybridized carbons (Fsp3) is 0.400. The molecule has 1 aromatic carbocycles. The molecular formula is C35H43N3. The van der Waals surface area contributed by atoms with Crippen molar-refractivity contribution in [3.05, 3.63) is 101 Å². The Kier molecular flexibility index (Phi) is 7.61. The van der Waals surface area contributed by atoms with Crippen molar-refractivity contribution in [2.24, 2.45) is 0 Å². The fourth-order valence-electron chi connectivity index (χ4n) is 4.78. The average Bonchev–Trinajstić information content (AvgIpc) is 2.87. The molecule has 3 aromatic heterocycles. The molecule has 198 valence electrons.